The molecule has 0 aliphatic carbocycles. The fourth-order valence-electron chi connectivity index (χ4n) is 2.97. The molecule has 1 aliphatic rings. The van der Waals surface area contributed by atoms with Gasteiger partial charge in [-0.15, -0.1) is 0 Å². The van der Waals surface area contributed by atoms with Gasteiger partial charge >= 0.3 is 5.97 Å². The van der Waals surface area contributed by atoms with Crippen LogP contribution in [0.15, 0.2) is 18.2 Å². The second-order valence-corrected chi connectivity index (χ2v) is 6.64. The first-order valence-electron chi connectivity index (χ1n) is 8.20. The van der Waals surface area contributed by atoms with E-state index < -0.39 is 12.0 Å². The quantitative estimate of drug-likeness (QED) is 0.836. The van der Waals surface area contributed by atoms with Crippen LogP contribution in [0.4, 0.5) is 0 Å². The van der Waals surface area contributed by atoms with Crippen molar-refractivity contribution in [1.29, 1.82) is 0 Å². The lowest BCUT2D eigenvalue weighted by Gasteiger charge is -2.26. The second kappa shape index (κ2) is 7.68. The van der Waals surface area contributed by atoms with Gasteiger partial charge in [0.15, 0.2) is 11.5 Å². The number of nitrogens with zero attached hydrogens (tertiary/aromatic N) is 1. The van der Waals surface area contributed by atoms with E-state index in [1.165, 1.54) is 0 Å². The van der Waals surface area contributed by atoms with Crippen LogP contribution in [0.25, 0.3) is 0 Å². The van der Waals surface area contributed by atoms with Crippen LogP contribution in [-0.2, 0) is 11.3 Å². The largest absolute Gasteiger partial charge is 0.493 e. The van der Waals surface area contributed by atoms with Gasteiger partial charge in [0.25, 0.3) is 0 Å². The number of benzene rings is 1. The van der Waals surface area contributed by atoms with Crippen LogP contribution in [0, 0.1) is 5.92 Å². The zero-order valence-corrected chi connectivity index (χ0v) is 14.4. The van der Waals surface area contributed by atoms with E-state index in [0.717, 1.165) is 17.7 Å². The summed E-state index contributed by atoms with van der Waals surface area (Å²) in [5, 5.41) is 9.38. The van der Waals surface area contributed by atoms with Gasteiger partial charge in [-0.05, 0) is 43.4 Å². The standard InChI is InChI=1S/C18H27NO4/c1-12(2)11-23-17-9-14(6-8-16(17)22-4)10-19-13(3)5-7-15(19)18(20)21/h6,8-9,12-13,15H,5,7,10-11H2,1-4H3,(H,20,21)/t13-,15-/m0/s1. The van der Waals surface area contributed by atoms with E-state index in [1.807, 2.05) is 18.2 Å². The fraction of sp³-hybridized carbons (Fsp3) is 0.611. The number of carboxylic acid groups (broad SMARTS) is 1. The van der Waals surface area contributed by atoms with Crippen molar-refractivity contribution in [3.63, 3.8) is 0 Å². The number of carbonyl (C=O) groups is 1. The third-order valence-electron chi connectivity index (χ3n) is 4.27. The molecule has 5 heteroatoms. The lowest BCUT2D eigenvalue weighted by atomic mass is 10.1. The summed E-state index contributed by atoms with van der Waals surface area (Å²) in [7, 11) is 1.63. The number of carboxylic acids is 1. The molecule has 0 aromatic heterocycles. The van der Waals surface area contributed by atoms with Crippen LogP contribution >= 0.6 is 0 Å². The third kappa shape index (κ3) is 4.38. The first-order chi connectivity index (χ1) is 10.9. The van der Waals surface area contributed by atoms with Crippen molar-refractivity contribution in [2.24, 2.45) is 5.92 Å². The Morgan fingerprint density at radius 2 is 2.09 bits per heavy atom. The average molecular weight is 321 g/mol. The molecule has 1 heterocycles. The summed E-state index contributed by atoms with van der Waals surface area (Å²) in [5.41, 5.74) is 1.05. The highest BCUT2D eigenvalue weighted by Gasteiger charge is 2.35. The molecule has 2 atom stereocenters. The Hall–Kier alpha value is -1.75. The van der Waals surface area contributed by atoms with Gasteiger partial charge in [-0.3, -0.25) is 9.69 Å². The van der Waals surface area contributed by atoms with E-state index in [1.54, 1.807) is 7.11 Å². The summed E-state index contributed by atoms with van der Waals surface area (Å²) >= 11 is 0. The van der Waals surface area contributed by atoms with Crippen LogP contribution in [0.5, 0.6) is 11.5 Å². The molecule has 1 fully saturated rings. The molecular weight excluding hydrogens is 294 g/mol. The first kappa shape index (κ1) is 17.6. The van der Waals surface area contributed by atoms with Gasteiger partial charge in [-0.1, -0.05) is 19.9 Å². The second-order valence-electron chi connectivity index (χ2n) is 6.64. The Kier molecular flexibility index (Phi) is 5.88. The summed E-state index contributed by atoms with van der Waals surface area (Å²) in [4.78, 5) is 13.5. The molecule has 0 radical (unpaired) electrons. The van der Waals surface area contributed by atoms with E-state index in [0.29, 0.717) is 31.2 Å². The van der Waals surface area contributed by atoms with E-state index in [2.05, 4.69) is 25.7 Å². The van der Waals surface area contributed by atoms with Crippen molar-refractivity contribution in [1.82, 2.24) is 4.90 Å². The zero-order chi connectivity index (χ0) is 17.0. The van der Waals surface area contributed by atoms with Crippen molar-refractivity contribution >= 4 is 5.97 Å². The number of rotatable bonds is 7. The molecule has 1 saturated heterocycles. The Morgan fingerprint density at radius 1 is 1.35 bits per heavy atom. The van der Waals surface area contributed by atoms with Gasteiger partial charge in [-0.25, -0.2) is 0 Å². The molecule has 0 saturated carbocycles. The molecule has 5 nitrogen and oxygen atoms in total. The minimum atomic E-state index is -0.737. The molecule has 0 bridgehead atoms. The summed E-state index contributed by atoms with van der Waals surface area (Å²) in [6.45, 7) is 7.51. The van der Waals surface area contributed by atoms with Gasteiger partial charge in [0, 0.05) is 12.6 Å². The molecule has 1 aliphatic heterocycles. The van der Waals surface area contributed by atoms with Crippen LogP contribution in [-0.4, -0.2) is 41.8 Å². The number of aliphatic carboxylic acids is 1. The molecular formula is C18H27NO4. The maximum absolute atomic E-state index is 11.4. The third-order valence-corrected chi connectivity index (χ3v) is 4.27. The van der Waals surface area contributed by atoms with Crippen molar-refractivity contribution in [3.8, 4) is 11.5 Å². The minimum absolute atomic E-state index is 0.276. The van der Waals surface area contributed by atoms with Crippen LogP contribution < -0.4 is 9.47 Å². The van der Waals surface area contributed by atoms with E-state index in [9.17, 15) is 9.90 Å². The Morgan fingerprint density at radius 3 is 2.70 bits per heavy atom. The van der Waals surface area contributed by atoms with Gasteiger partial charge < -0.3 is 14.6 Å². The monoisotopic (exact) mass is 321 g/mol. The summed E-state index contributed by atoms with van der Waals surface area (Å²) in [5.74, 6) is 1.12. The SMILES string of the molecule is COc1ccc(CN2[C@@H](C)CC[C@H]2C(=O)O)cc1OCC(C)C. The smallest absolute Gasteiger partial charge is 0.320 e. The Labute approximate surface area is 138 Å². The Balaban J connectivity index is 2.16. The normalized spacial score (nSPS) is 21.6. The predicted octanol–water partition coefficient (Wildman–Crippen LogP) is 3.17. The van der Waals surface area contributed by atoms with E-state index in [-0.39, 0.29) is 6.04 Å². The average Bonchev–Trinajstić information content (AvgIpc) is 2.86. The van der Waals surface area contributed by atoms with Crippen molar-refractivity contribution in [2.45, 2.75) is 52.2 Å². The summed E-state index contributed by atoms with van der Waals surface area (Å²) in [6, 6.07) is 5.71. The Bertz CT molecular complexity index is 544. The minimum Gasteiger partial charge on any atom is -0.493 e. The van der Waals surface area contributed by atoms with Crippen molar-refractivity contribution in [2.75, 3.05) is 13.7 Å². The summed E-state index contributed by atoms with van der Waals surface area (Å²) in [6.07, 6.45) is 1.63. The summed E-state index contributed by atoms with van der Waals surface area (Å²) < 4.78 is 11.2. The number of methoxy groups -OCH3 is 1. The highest BCUT2D eigenvalue weighted by atomic mass is 16.5. The van der Waals surface area contributed by atoms with Gasteiger partial charge in [-0.2, -0.15) is 0 Å². The van der Waals surface area contributed by atoms with Crippen molar-refractivity contribution in [3.05, 3.63) is 23.8 Å². The van der Waals surface area contributed by atoms with Gasteiger partial charge in [0.2, 0.25) is 0 Å². The predicted molar refractivity (Wildman–Crippen MR) is 89.0 cm³/mol. The molecule has 1 aromatic carbocycles. The highest BCUT2D eigenvalue weighted by Crippen LogP contribution is 2.31. The van der Waals surface area contributed by atoms with Crippen LogP contribution in [0.2, 0.25) is 0 Å². The van der Waals surface area contributed by atoms with Gasteiger partial charge in [0.1, 0.15) is 6.04 Å². The molecule has 1 aromatic rings. The molecule has 23 heavy (non-hydrogen) atoms. The topological polar surface area (TPSA) is 59.0 Å². The maximum Gasteiger partial charge on any atom is 0.320 e. The molecule has 0 spiro atoms. The number of hydrogen-bond acceptors (Lipinski definition) is 4. The van der Waals surface area contributed by atoms with Crippen LogP contribution in [0.3, 0.4) is 0 Å². The number of ether oxygens (including phenoxy) is 2. The van der Waals surface area contributed by atoms with Crippen LogP contribution in [0.1, 0.15) is 39.2 Å². The van der Waals surface area contributed by atoms with Crippen molar-refractivity contribution < 1.29 is 19.4 Å². The molecule has 0 unspecified atom stereocenters. The first-order valence-corrected chi connectivity index (χ1v) is 8.20. The van der Waals surface area contributed by atoms with E-state index >= 15 is 0 Å². The lowest BCUT2D eigenvalue weighted by Crippen LogP contribution is -2.39. The van der Waals surface area contributed by atoms with Gasteiger partial charge in [0.05, 0.1) is 13.7 Å². The molecule has 0 amide bonds. The lowest BCUT2D eigenvalue weighted by molar-refractivity contribution is -0.142. The zero-order valence-electron chi connectivity index (χ0n) is 14.4. The number of likely N-dealkylation sites (tertiary alicyclic amines) is 1. The maximum atomic E-state index is 11.4. The molecule has 1 N–H and O–H groups in total. The molecule has 2 rings (SSSR count). The highest BCUT2D eigenvalue weighted by molar-refractivity contribution is 5.73. The number of hydrogen-bond donors (Lipinski definition) is 1. The molecule has 128 valence electrons. The fourth-order valence-corrected chi connectivity index (χ4v) is 2.97. The van der Waals surface area contributed by atoms with E-state index in [4.69, 9.17) is 9.47 Å².